The number of methoxy groups -OCH3 is 1. The molecule has 0 radical (unpaired) electrons. The number of carboxylic acid groups (broad SMARTS) is 1. The zero-order valence-corrected chi connectivity index (χ0v) is 12.3. The number of carbonyl (C=O) groups excluding carboxylic acids is 2. The molecule has 1 aliphatic heterocycles. The molecule has 114 valence electrons. The summed E-state index contributed by atoms with van der Waals surface area (Å²) < 4.78 is 4.51. The molecule has 2 atom stereocenters. The van der Waals surface area contributed by atoms with Crippen molar-refractivity contribution >= 4 is 18.0 Å². The zero-order valence-electron chi connectivity index (χ0n) is 12.3. The van der Waals surface area contributed by atoms with Gasteiger partial charge in [-0.25, -0.2) is 9.59 Å². The van der Waals surface area contributed by atoms with Crippen LogP contribution >= 0.6 is 0 Å². The van der Waals surface area contributed by atoms with Crippen molar-refractivity contribution in [1.29, 1.82) is 0 Å². The number of carbonyl (C=O) groups is 3. The van der Waals surface area contributed by atoms with Gasteiger partial charge in [-0.3, -0.25) is 4.79 Å². The highest BCUT2D eigenvalue weighted by Crippen LogP contribution is 2.30. The van der Waals surface area contributed by atoms with Crippen LogP contribution in [0, 0.1) is 5.92 Å². The van der Waals surface area contributed by atoms with Gasteiger partial charge in [0.1, 0.15) is 11.6 Å². The molecule has 20 heavy (non-hydrogen) atoms. The predicted octanol–water partition coefficient (Wildman–Crippen LogP) is 0.833. The maximum absolute atomic E-state index is 12.6. The van der Waals surface area contributed by atoms with Crippen molar-refractivity contribution < 1.29 is 24.2 Å². The summed E-state index contributed by atoms with van der Waals surface area (Å²) in [5.41, 5.74) is -1.21. The summed E-state index contributed by atoms with van der Waals surface area (Å²) in [4.78, 5) is 36.6. The van der Waals surface area contributed by atoms with Crippen LogP contribution in [0.4, 0.5) is 4.79 Å². The molecule has 0 aromatic heterocycles. The molecule has 1 heterocycles. The first kappa shape index (κ1) is 16.3. The lowest BCUT2D eigenvalue weighted by Gasteiger charge is -2.35. The maximum Gasteiger partial charge on any atom is 0.407 e. The lowest BCUT2D eigenvalue weighted by Crippen LogP contribution is -2.58. The van der Waals surface area contributed by atoms with E-state index in [0.717, 1.165) is 0 Å². The molecule has 0 spiro atoms. The molecule has 2 amide bonds. The van der Waals surface area contributed by atoms with E-state index in [-0.39, 0.29) is 11.8 Å². The lowest BCUT2D eigenvalue weighted by atomic mass is 9.96. The second-order valence-corrected chi connectivity index (χ2v) is 5.53. The Morgan fingerprint density at radius 1 is 1.35 bits per heavy atom. The van der Waals surface area contributed by atoms with E-state index >= 15 is 0 Å². The fourth-order valence-electron chi connectivity index (χ4n) is 2.41. The van der Waals surface area contributed by atoms with Crippen LogP contribution in [0.25, 0.3) is 0 Å². The van der Waals surface area contributed by atoms with Crippen molar-refractivity contribution in [2.45, 2.75) is 45.2 Å². The molecule has 0 saturated carbocycles. The van der Waals surface area contributed by atoms with Crippen LogP contribution in [-0.2, 0) is 14.3 Å². The van der Waals surface area contributed by atoms with Crippen LogP contribution in [-0.4, -0.2) is 53.2 Å². The molecular formula is C13H22N2O5. The molecule has 1 rings (SSSR count). The molecular weight excluding hydrogens is 264 g/mol. The van der Waals surface area contributed by atoms with Crippen LogP contribution in [0.2, 0.25) is 0 Å². The van der Waals surface area contributed by atoms with Gasteiger partial charge in [-0.05, 0) is 25.7 Å². The first-order valence-corrected chi connectivity index (χ1v) is 6.63. The van der Waals surface area contributed by atoms with Gasteiger partial charge >= 0.3 is 12.1 Å². The molecule has 0 aromatic rings. The van der Waals surface area contributed by atoms with E-state index in [0.29, 0.717) is 19.4 Å². The Bertz CT molecular complexity index is 410. The third kappa shape index (κ3) is 3.02. The monoisotopic (exact) mass is 286 g/mol. The van der Waals surface area contributed by atoms with Crippen molar-refractivity contribution in [3.8, 4) is 0 Å². The SMILES string of the molecule is COC(=O)NC(C(=O)N1CCC[C@@]1(C)C(=O)O)C(C)C. The molecule has 2 N–H and O–H groups in total. The molecule has 1 saturated heterocycles. The summed E-state index contributed by atoms with van der Waals surface area (Å²) in [6, 6.07) is -0.792. The normalized spacial score (nSPS) is 23.6. The number of alkyl carbamates (subject to hydrolysis) is 1. The van der Waals surface area contributed by atoms with Gasteiger partial charge in [-0.15, -0.1) is 0 Å². The largest absolute Gasteiger partial charge is 0.480 e. The Morgan fingerprint density at radius 2 is 1.95 bits per heavy atom. The number of hydrogen-bond acceptors (Lipinski definition) is 4. The second-order valence-electron chi connectivity index (χ2n) is 5.53. The van der Waals surface area contributed by atoms with E-state index in [9.17, 15) is 19.5 Å². The fraction of sp³-hybridized carbons (Fsp3) is 0.769. The van der Waals surface area contributed by atoms with E-state index in [1.54, 1.807) is 13.8 Å². The van der Waals surface area contributed by atoms with Crippen molar-refractivity contribution in [3.05, 3.63) is 0 Å². The summed E-state index contributed by atoms with van der Waals surface area (Å²) in [6.45, 7) is 5.49. The van der Waals surface area contributed by atoms with Crippen LogP contribution in [0.1, 0.15) is 33.6 Å². The quantitative estimate of drug-likeness (QED) is 0.798. The third-order valence-corrected chi connectivity index (χ3v) is 3.76. The zero-order chi connectivity index (χ0) is 15.5. The summed E-state index contributed by atoms with van der Waals surface area (Å²) in [7, 11) is 1.22. The highest BCUT2D eigenvalue weighted by molar-refractivity contribution is 5.91. The Hall–Kier alpha value is -1.79. The molecule has 7 nitrogen and oxygen atoms in total. The Labute approximate surface area is 118 Å². The summed E-state index contributed by atoms with van der Waals surface area (Å²) >= 11 is 0. The molecule has 1 unspecified atom stereocenters. The lowest BCUT2D eigenvalue weighted by molar-refractivity contribution is -0.156. The topological polar surface area (TPSA) is 95.9 Å². The highest BCUT2D eigenvalue weighted by atomic mass is 16.5. The van der Waals surface area contributed by atoms with Gasteiger partial charge < -0.3 is 20.1 Å². The van der Waals surface area contributed by atoms with E-state index in [2.05, 4.69) is 10.1 Å². The maximum atomic E-state index is 12.6. The Morgan fingerprint density at radius 3 is 2.40 bits per heavy atom. The van der Waals surface area contributed by atoms with Crippen molar-refractivity contribution in [2.75, 3.05) is 13.7 Å². The number of carboxylic acids is 1. The number of amides is 2. The molecule has 0 bridgehead atoms. The number of aliphatic carboxylic acids is 1. The highest BCUT2D eigenvalue weighted by Gasteiger charge is 2.48. The molecule has 1 aliphatic rings. The standard InChI is InChI=1S/C13H22N2O5/c1-8(2)9(14-12(19)20-4)10(16)15-7-5-6-13(15,3)11(17)18/h8-9H,5-7H2,1-4H3,(H,14,19)(H,17,18)/t9?,13-/m0/s1. The fourth-order valence-corrected chi connectivity index (χ4v) is 2.41. The van der Waals surface area contributed by atoms with Crippen LogP contribution in [0.15, 0.2) is 0 Å². The van der Waals surface area contributed by atoms with Gasteiger partial charge in [0.15, 0.2) is 0 Å². The molecule has 0 aliphatic carbocycles. The van der Waals surface area contributed by atoms with E-state index in [1.165, 1.54) is 18.9 Å². The van der Waals surface area contributed by atoms with E-state index < -0.39 is 23.6 Å². The minimum Gasteiger partial charge on any atom is -0.480 e. The third-order valence-electron chi connectivity index (χ3n) is 3.76. The number of nitrogens with one attached hydrogen (secondary N) is 1. The smallest absolute Gasteiger partial charge is 0.407 e. The number of hydrogen-bond donors (Lipinski definition) is 2. The predicted molar refractivity (Wildman–Crippen MR) is 71.2 cm³/mol. The van der Waals surface area contributed by atoms with Crippen LogP contribution in [0.3, 0.4) is 0 Å². The number of likely N-dealkylation sites (tertiary alicyclic amines) is 1. The van der Waals surface area contributed by atoms with Crippen LogP contribution < -0.4 is 5.32 Å². The van der Waals surface area contributed by atoms with Gasteiger partial charge in [-0.2, -0.15) is 0 Å². The average molecular weight is 286 g/mol. The van der Waals surface area contributed by atoms with Crippen molar-refractivity contribution in [3.63, 3.8) is 0 Å². The Balaban J connectivity index is 2.95. The van der Waals surface area contributed by atoms with Gasteiger partial charge in [-0.1, -0.05) is 13.8 Å². The molecule has 7 heteroatoms. The summed E-state index contributed by atoms with van der Waals surface area (Å²) in [6.07, 6.45) is 0.350. The Kier molecular flexibility index (Phi) is 4.97. The number of rotatable bonds is 4. The summed E-state index contributed by atoms with van der Waals surface area (Å²) in [5, 5.41) is 11.8. The van der Waals surface area contributed by atoms with Gasteiger partial charge in [0.25, 0.3) is 0 Å². The summed E-state index contributed by atoms with van der Waals surface area (Å²) in [5.74, 6) is -1.57. The minimum atomic E-state index is -1.21. The molecule has 1 fully saturated rings. The van der Waals surface area contributed by atoms with Gasteiger partial charge in [0.05, 0.1) is 7.11 Å². The van der Waals surface area contributed by atoms with Crippen molar-refractivity contribution in [2.24, 2.45) is 5.92 Å². The second kappa shape index (κ2) is 6.11. The molecule has 0 aromatic carbocycles. The number of ether oxygens (including phenoxy) is 1. The minimum absolute atomic E-state index is 0.166. The average Bonchev–Trinajstić information content (AvgIpc) is 2.78. The van der Waals surface area contributed by atoms with Gasteiger partial charge in [0, 0.05) is 6.54 Å². The van der Waals surface area contributed by atoms with Gasteiger partial charge in [0.2, 0.25) is 5.91 Å². The van der Waals surface area contributed by atoms with Crippen molar-refractivity contribution in [1.82, 2.24) is 10.2 Å². The number of nitrogens with zero attached hydrogens (tertiary/aromatic N) is 1. The first-order valence-electron chi connectivity index (χ1n) is 6.63. The van der Waals surface area contributed by atoms with E-state index in [1.807, 2.05) is 0 Å². The van der Waals surface area contributed by atoms with E-state index in [4.69, 9.17) is 0 Å². The first-order chi connectivity index (χ1) is 9.24. The van der Waals surface area contributed by atoms with Crippen LogP contribution in [0.5, 0.6) is 0 Å².